The molecule has 1 aromatic heterocycles. The summed E-state index contributed by atoms with van der Waals surface area (Å²) in [5, 5.41) is 6.84. The van der Waals surface area contributed by atoms with Crippen molar-refractivity contribution < 1.29 is 0 Å². The van der Waals surface area contributed by atoms with Gasteiger partial charge < -0.3 is 5.32 Å². The lowest BCUT2D eigenvalue weighted by atomic mass is 10.3. The van der Waals surface area contributed by atoms with Gasteiger partial charge in [0.05, 0.1) is 10.7 Å². The van der Waals surface area contributed by atoms with Crippen LogP contribution in [0, 0.1) is 0 Å². The second-order valence-corrected chi connectivity index (χ2v) is 5.39. The summed E-state index contributed by atoms with van der Waals surface area (Å²) in [7, 11) is 0. The molecule has 15 heavy (non-hydrogen) atoms. The fourth-order valence-corrected chi connectivity index (χ4v) is 2.54. The molecule has 0 aromatic carbocycles. The van der Waals surface area contributed by atoms with Gasteiger partial charge in [-0.05, 0) is 37.8 Å². The second-order valence-electron chi connectivity index (χ2n) is 3.46. The van der Waals surface area contributed by atoms with Crippen molar-refractivity contribution in [3.63, 3.8) is 0 Å². The minimum atomic E-state index is 0.926. The van der Waals surface area contributed by atoms with Gasteiger partial charge in [-0.15, -0.1) is 11.3 Å². The van der Waals surface area contributed by atoms with Crippen LogP contribution in [-0.2, 0) is 13.0 Å². The monoisotopic (exact) mass is 244 g/mol. The molecule has 1 aromatic rings. The summed E-state index contributed by atoms with van der Waals surface area (Å²) in [6, 6.07) is 0. The van der Waals surface area contributed by atoms with E-state index in [4.69, 9.17) is 0 Å². The van der Waals surface area contributed by atoms with E-state index in [-0.39, 0.29) is 0 Å². The number of aromatic nitrogens is 1. The number of rotatable bonds is 8. The minimum absolute atomic E-state index is 0.926. The van der Waals surface area contributed by atoms with E-state index in [0.29, 0.717) is 0 Å². The van der Waals surface area contributed by atoms with Crippen LogP contribution in [0.5, 0.6) is 0 Å². The first-order chi connectivity index (χ1) is 7.36. The zero-order valence-corrected chi connectivity index (χ0v) is 11.2. The Hall–Kier alpha value is -0.0600. The van der Waals surface area contributed by atoms with E-state index < -0.39 is 0 Å². The molecule has 0 aliphatic heterocycles. The van der Waals surface area contributed by atoms with Gasteiger partial charge in [0.2, 0.25) is 0 Å². The summed E-state index contributed by atoms with van der Waals surface area (Å²) in [4.78, 5) is 4.51. The number of unbranched alkanes of at least 4 members (excludes halogenated alkanes) is 1. The fourth-order valence-electron chi connectivity index (χ4n) is 1.31. The molecular formula is C11H20N2S2. The van der Waals surface area contributed by atoms with Crippen LogP contribution in [0.2, 0.25) is 0 Å². The van der Waals surface area contributed by atoms with E-state index in [1.54, 1.807) is 11.3 Å². The van der Waals surface area contributed by atoms with Crippen molar-refractivity contribution in [2.45, 2.75) is 32.7 Å². The van der Waals surface area contributed by atoms with Gasteiger partial charge in [0.25, 0.3) is 0 Å². The maximum Gasteiger partial charge on any atom is 0.0926 e. The van der Waals surface area contributed by atoms with Gasteiger partial charge >= 0.3 is 0 Å². The molecular weight excluding hydrogens is 224 g/mol. The Labute approximate surface area is 101 Å². The minimum Gasteiger partial charge on any atom is -0.311 e. The fraction of sp³-hybridized carbons (Fsp3) is 0.727. The van der Waals surface area contributed by atoms with Crippen LogP contribution < -0.4 is 5.32 Å². The largest absolute Gasteiger partial charge is 0.311 e. The molecule has 0 spiro atoms. The van der Waals surface area contributed by atoms with Gasteiger partial charge in [0, 0.05) is 11.9 Å². The van der Waals surface area contributed by atoms with Crippen LogP contribution in [0.4, 0.5) is 0 Å². The summed E-state index contributed by atoms with van der Waals surface area (Å²) < 4.78 is 0. The Morgan fingerprint density at radius 3 is 3.00 bits per heavy atom. The number of thioether (sulfide) groups is 1. The Bertz CT molecular complexity index is 261. The molecule has 0 radical (unpaired) electrons. The molecule has 1 N–H and O–H groups in total. The second kappa shape index (κ2) is 8.13. The molecule has 4 heteroatoms. The third kappa shape index (κ3) is 5.54. The maximum absolute atomic E-state index is 4.51. The Morgan fingerprint density at radius 1 is 1.47 bits per heavy atom. The number of thiazole rings is 1. The van der Waals surface area contributed by atoms with Crippen LogP contribution in [0.1, 0.15) is 30.5 Å². The SMILES string of the molecule is CCc1nc(CNCCCCSC)cs1. The summed E-state index contributed by atoms with van der Waals surface area (Å²) in [6.45, 7) is 4.19. The lowest BCUT2D eigenvalue weighted by molar-refractivity contribution is 0.636. The van der Waals surface area contributed by atoms with Gasteiger partial charge in [-0.2, -0.15) is 11.8 Å². The van der Waals surface area contributed by atoms with Crippen LogP contribution in [0.25, 0.3) is 0 Å². The highest BCUT2D eigenvalue weighted by atomic mass is 32.2. The number of nitrogens with zero attached hydrogens (tertiary/aromatic N) is 1. The molecule has 0 fully saturated rings. The zero-order chi connectivity index (χ0) is 10.9. The Balaban J connectivity index is 2.04. The average Bonchev–Trinajstić information content (AvgIpc) is 2.71. The third-order valence-electron chi connectivity index (χ3n) is 2.16. The van der Waals surface area contributed by atoms with Crippen molar-refractivity contribution in [3.8, 4) is 0 Å². The lowest BCUT2D eigenvalue weighted by Crippen LogP contribution is -2.15. The van der Waals surface area contributed by atoms with E-state index >= 15 is 0 Å². The van der Waals surface area contributed by atoms with E-state index in [1.165, 1.54) is 29.3 Å². The first kappa shape index (κ1) is 13.0. The van der Waals surface area contributed by atoms with E-state index in [0.717, 1.165) is 19.5 Å². The molecule has 0 atom stereocenters. The van der Waals surface area contributed by atoms with E-state index in [9.17, 15) is 0 Å². The van der Waals surface area contributed by atoms with Crippen LogP contribution in [-0.4, -0.2) is 23.5 Å². The van der Waals surface area contributed by atoms with Crippen LogP contribution >= 0.6 is 23.1 Å². The third-order valence-corrected chi connectivity index (χ3v) is 3.90. The lowest BCUT2D eigenvalue weighted by Gasteiger charge is -2.01. The molecule has 0 saturated heterocycles. The summed E-state index contributed by atoms with van der Waals surface area (Å²) in [5.74, 6) is 1.28. The van der Waals surface area contributed by atoms with Gasteiger partial charge in [-0.1, -0.05) is 6.92 Å². The highest BCUT2D eigenvalue weighted by molar-refractivity contribution is 7.98. The smallest absolute Gasteiger partial charge is 0.0926 e. The molecule has 1 heterocycles. The molecule has 0 saturated carbocycles. The van der Waals surface area contributed by atoms with Crippen LogP contribution in [0.3, 0.4) is 0 Å². The molecule has 0 aliphatic rings. The topological polar surface area (TPSA) is 24.9 Å². The summed E-state index contributed by atoms with van der Waals surface area (Å²) in [5.41, 5.74) is 1.20. The zero-order valence-electron chi connectivity index (χ0n) is 9.58. The first-order valence-electron chi connectivity index (χ1n) is 5.49. The van der Waals surface area contributed by atoms with Crippen LogP contribution in [0.15, 0.2) is 5.38 Å². The number of aryl methyl sites for hydroxylation is 1. The highest BCUT2D eigenvalue weighted by Crippen LogP contribution is 2.09. The quantitative estimate of drug-likeness (QED) is 0.712. The van der Waals surface area contributed by atoms with Gasteiger partial charge in [-0.25, -0.2) is 4.98 Å². The Kier molecular flexibility index (Phi) is 7.05. The highest BCUT2D eigenvalue weighted by Gasteiger charge is 1.98. The van der Waals surface area contributed by atoms with Crippen molar-refractivity contribution in [1.29, 1.82) is 0 Å². The van der Waals surface area contributed by atoms with Gasteiger partial charge in [0.15, 0.2) is 0 Å². The maximum atomic E-state index is 4.51. The van der Waals surface area contributed by atoms with Crippen molar-refractivity contribution in [1.82, 2.24) is 10.3 Å². The number of nitrogens with one attached hydrogen (secondary N) is 1. The molecule has 2 nitrogen and oxygen atoms in total. The standard InChI is InChI=1S/C11H20N2S2/c1-3-11-13-10(9-15-11)8-12-6-4-5-7-14-2/h9,12H,3-8H2,1-2H3. The normalized spacial score (nSPS) is 10.8. The van der Waals surface area contributed by atoms with E-state index in [2.05, 4.69) is 28.9 Å². The molecule has 86 valence electrons. The van der Waals surface area contributed by atoms with Crippen molar-refractivity contribution in [3.05, 3.63) is 16.1 Å². The van der Waals surface area contributed by atoms with Crippen molar-refractivity contribution >= 4 is 23.1 Å². The van der Waals surface area contributed by atoms with E-state index in [1.807, 2.05) is 11.8 Å². The molecule has 0 amide bonds. The summed E-state index contributed by atoms with van der Waals surface area (Å²) in [6.07, 6.45) is 5.80. The number of hydrogen-bond acceptors (Lipinski definition) is 4. The van der Waals surface area contributed by atoms with Crippen molar-refractivity contribution in [2.24, 2.45) is 0 Å². The summed E-state index contributed by atoms with van der Waals surface area (Å²) >= 11 is 3.69. The average molecular weight is 244 g/mol. The van der Waals surface area contributed by atoms with Gasteiger partial charge in [0.1, 0.15) is 0 Å². The first-order valence-corrected chi connectivity index (χ1v) is 7.77. The predicted octanol–water partition coefficient (Wildman–Crippen LogP) is 2.94. The van der Waals surface area contributed by atoms with Gasteiger partial charge in [-0.3, -0.25) is 0 Å². The molecule has 0 unspecified atom stereocenters. The molecule has 1 rings (SSSR count). The predicted molar refractivity (Wildman–Crippen MR) is 70.8 cm³/mol. The Morgan fingerprint density at radius 2 is 2.33 bits per heavy atom. The van der Waals surface area contributed by atoms with Crippen molar-refractivity contribution in [2.75, 3.05) is 18.6 Å². The number of hydrogen-bond donors (Lipinski definition) is 1. The molecule has 0 aliphatic carbocycles. The molecule has 0 bridgehead atoms.